The molecule has 26 heavy (non-hydrogen) atoms. The van der Waals surface area contributed by atoms with E-state index in [1.165, 1.54) is 14.0 Å². The van der Waals surface area contributed by atoms with E-state index >= 15 is 0 Å². The van der Waals surface area contributed by atoms with Crippen molar-refractivity contribution >= 4 is 34.3 Å². The van der Waals surface area contributed by atoms with Crippen molar-refractivity contribution in [3.8, 4) is 0 Å². The van der Waals surface area contributed by atoms with Gasteiger partial charge in [0.25, 0.3) is 0 Å². The van der Waals surface area contributed by atoms with Crippen LogP contribution in [0.3, 0.4) is 0 Å². The van der Waals surface area contributed by atoms with Crippen LogP contribution in [-0.4, -0.2) is 29.3 Å². The molecule has 0 unspecified atom stereocenters. The van der Waals surface area contributed by atoms with Gasteiger partial charge in [0.2, 0.25) is 5.91 Å². The predicted octanol–water partition coefficient (Wildman–Crippen LogP) is 3.27. The number of anilines is 1. The van der Waals surface area contributed by atoms with Crippen LogP contribution in [0.4, 0.5) is 5.69 Å². The number of para-hydroxylation sites is 2. The molecule has 1 amide bonds. The number of hydrogen-bond donors (Lipinski definition) is 1. The van der Waals surface area contributed by atoms with E-state index < -0.39 is 5.97 Å². The Bertz CT molecular complexity index is 1000. The van der Waals surface area contributed by atoms with Crippen LogP contribution in [0.25, 0.3) is 10.9 Å². The lowest BCUT2D eigenvalue weighted by Gasteiger charge is -2.10. The van der Waals surface area contributed by atoms with Gasteiger partial charge in [-0.3, -0.25) is 9.59 Å². The van der Waals surface area contributed by atoms with E-state index in [-0.39, 0.29) is 18.2 Å². The van der Waals surface area contributed by atoms with Crippen molar-refractivity contribution in [1.29, 1.82) is 0 Å². The minimum absolute atomic E-state index is 0.00372. The van der Waals surface area contributed by atoms with Crippen LogP contribution in [-0.2, 0) is 16.1 Å². The van der Waals surface area contributed by atoms with Crippen molar-refractivity contribution in [1.82, 2.24) is 4.57 Å². The molecule has 132 valence electrons. The number of amides is 1. The minimum Gasteiger partial charge on any atom is -0.465 e. The molecule has 1 heterocycles. The van der Waals surface area contributed by atoms with Crippen LogP contribution in [0.5, 0.6) is 0 Å². The number of benzene rings is 2. The number of carbonyl (C=O) groups is 3. The zero-order chi connectivity index (χ0) is 18.7. The molecule has 6 heteroatoms. The van der Waals surface area contributed by atoms with E-state index in [0.717, 1.165) is 10.9 Å². The maximum absolute atomic E-state index is 12.5. The van der Waals surface area contributed by atoms with Gasteiger partial charge < -0.3 is 14.6 Å². The van der Waals surface area contributed by atoms with E-state index in [9.17, 15) is 14.4 Å². The fraction of sp³-hybridized carbons (Fsp3) is 0.150. The number of hydrogen-bond acceptors (Lipinski definition) is 4. The summed E-state index contributed by atoms with van der Waals surface area (Å²) in [5.74, 6) is -0.876. The molecular weight excluding hydrogens is 332 g/mol. The summed E-state index contributed by atoms with van der Waals surface area (Å²) in [4.78, 5) is 36.1. The summed E-state index contributed by atoms with van der Waals surface area (Å²) in [5, 5.41) is 3.48. The van der Waals surface area contributed by atoms with Crippen molar-refractivity contribution < 1.29 is 19.1 Å². The topological polar surface area (TPSA) is 77.4 Å². The second-order valence-electron chi connectivity index (χ2n) is 5.83. The van der Waals surface area contributed by atoms with Crippen LogP contribution < -0.4 is 5.32 Å². The molecule has 0 spiro atoms. The third-order valence-electron chi connectivity index (χ3n) is 4.09. The highest BCUT2D eigenvalue weighted by Crippen LogP contribution is 2.22. The number of esters is 1. The molecule has 3 aromatic rings. The average Bonchev–Trinajstić information content (AvgIpc) is 3.00. The minimum atomic E-state index is -0.456. The number of fused-ring (bicyclic) bond motifs is 1. The number of methoxy groups -OCH3 is 1. The Kier molecular flexibility index (Phi) is 4.84. The number of Topliss-reactive ketones (excluding diaryl/α,β-unsaturated/α-hetero) is 1. The first-order valence-corrected chi connectivity index (χ1v) is 8.07. The summed E-state index contributed by atoms with van der Waals surface area (Å²) in [6, 6.07) is 14.1. The Hall–Kier alpha value is -3.41. The Labute approximate surface area is 150 Å². The molecule has 3 rings (SSSR count). The molecule has 2 aromatic carbocycles. The van der Waals surface area contributed by atoms with Crippen LogP contribution in [0.2, 0.25) is 0 Å². The van der Waals surface area contributed by atoms with E-state index in [4.69, 9.17) is 4.74 Å². The number of aromatic nitrogens is 1. The molecule has 0 radical (unpaired) electrons. The monoisotopic (exact) mass is 350 g/mol. The first-order chi connectivity index (χ1) is 12.5. The summed E-state index contributed by atoms with van der Waals surface area (Å²) in [6.07, 6.45) is 1.60. The molecule has 0 saturated heterocycles. The molecule has 0 atom stereocenters. The average molecular weight is 350 g/mol. The molecule has 0 aliphatic heterocycles. The number of carbonyl (C=O) groups excluding carboxylic acids is 3. The van der Waals surface area contributed by atoms with Crippen LogP contribution in [0.15, 0.2) is 54.7 Å². The summed E-state index contributed by atoms with van der Waals surface area (Å²) < 4.78 is 6.50. The molecule has 0 saturated carbocycles. The van der Waals surface area contributed by atoms with Gasteiger partial charge in [0.1, 0.15) is 6.54 Å². The third kappa shape index (κ3) is 3.35. The van der Waals surface area contributed by atoms with Crippen molar-refractivity contribution in [2.24, 2.45) is 0 Å². The number of ether oxygens (including phenoxy) is 1. The molecule has 0 aliphatic rings. The maximum atomic E-state index is 12.5. The zero-order valence-corrected chi connectivity index (χ0v) is 14.5. The molecule has 1 aromatic heterocycles. The molecule has 1 N–H and O–H groups in total. The van der Waals surface area contributed by atoms with Crippen molar-refractivity contribution in [2.45, 2.75) is 13.5 Å². The van der Waals surface area contributed by atoms with Gasteiger partial charge in [0.05, 0.1) is 18.4 Å². The number of ketones is 1. The van der Waals surface area contributed by atoms with Gasteiger partial charge >= 0.3 is 5.97 Å². The fourth-order valence-electron chi connectivity index (χ4n) is 2.89. The van der Waals surface area contributed by atoms with Crippen LogP contribution in [0.1, 0.15) is 27.6 Å². The third-order valence-corrected chi connectivity index (χ3v) is 4.09. The maximum Gasteiger partial charge on any atom is 0.340 e. The van der Waals surface area contributed by atoms with E-state index in [1.807, 2.05) is 18.2 Å². The zero-order valence-electron chi connectivity index (χ0n) is 14.5. The smallest absolute Gasteiger partial charge is 0.340 e. The van der Waals surface area contributed by atoms with E-state index in [0.29, 0.717) is 16.8 Å². The van der Waals surface area contributed by atoms with Gasteiger partial charge in [0, 0.05) is 22.7 Å². The molecule has 0 aliphatic carbocycles. The van der Waals surface area contributed by atoms with Gasteiger partial charge in [-0.25, -0.2) is 4.79 Å². The van der Waals surface area contributed by atoms with E-state index in [2.05, 4.69) is 5.32 Å². The van der Waals surface area contributed by atoms with Gasteiger partial charge in [-0.05, 0) is 25.1 Å². The lowest BCUT2D eigenvalue weighted by atomic mass is 10.1. The summed E-state index contributed by atoms with van der Waals surface area (Å²) in [5.41, 5.74) is 2.08. The quantitative estimate of drug-likeness (QED) is 0.566. The normalized spacial score (nSPS) is 10.5. The van der Waals surface area contributed by atoms with Crippen LogP contribution in [0, 0.1) is 0 Å². The predicted molar refractivity (Wildman–Crippen MR) is 98.4 cm³/mol. The number of nitrogens with zero attached hydrogens (tertiary/aromatic N) is 1. The van der Waals surface area contributed by atoms with Gasteiger partial charge in [-0.1, -0.05) is 30.3 Å². The van der Waals surface area contributed by atoms with Gasteiger partial charge in [-0.15, -0.1) is 0 Å². The standard InChI is InChI=1S/C20H18N2O4/c1-13(23)14-7-3-5-9-17(14)21-19(24)12-22-11-16(20(25)26-2)15-8-4-6-10-18(15)22/h3-11H,12H2,1-2H3,(H,21,24). The highest BCUT2D eigenvalue weighted by molar-refractivity contribution is 6.06. The lowest BCUT2D eigenvalue weighted by molar-refractivity contribution is -0.116. The Morgan fingerprint density at radius 1 is 1.00 bits per heavy atom. The van der Waals surface area contributed by atoms with Crippen LogP contribution >= 0.6 is 0 Å². The largest absolute Gasteiger partial charge is 0.465 e. The summed E-state index contributed by atoms with van der Waals surface area (Å²) in [7, 11) is 1.32. The van der Waals surface area contributed by atoms with Gasteiger partial charge in [0.15, 0.2) is 5.78 Å². The highest BCUT2D eigenvalue weighted by Gasteiger charge is 2.17. The number of nitrogens with one attached hydrogen (secondary N) is 1. The SMILES string of the molecule is COC(=O)c1cn(CC(=O)Nc2ccccc2C(C)=O)c2ccccc12. The first kappa shape index (κ1) is 17.4. The fourth-order valence-corrected chi connectivity index (χ4v) is 2.89. The molecule has 0 bridgehead atoms. The molecule has 6 nitrogen and oxygen atoms in total. The lowest BCUT2D eigenvalue weighted by Crippen LogP contribution is -2.19. The Morgan fingerprint density at radius 3 is 2.42 bits per heavy atom. The van der Waals surface area contributed by atoms with Crippen molar-refractivity contribution in [3.05, 3.63) is 65.9 Å². The first-order valence-electron chi connectivity index (χ1n) is 8.07. The second kappa shape index (κ2) is 7.23. The summed E-state index contributed by atoms with van der Waals surface area (Å²) in [6.45, 7) is 1.46. The number of rotatable bonds is 5. The molecular formula is C20H18N2O4. The van der Waals surface area contributed by atoms with Crippen molar-refractivity contribution in [2.75, 3.05) is 12.4 Å². The van der Waals surface area contributed by atoms with E-state index in [1.54, 1.807) is 41.1 Å². The highest BCUT2D eigenvalue weighted by atomic mass is 16.5. The second-order valence-corrected chi connectivity index (χ2v) is 5.83. The van der Waals surface area contributed by atoms with Gasteiger partial charge in [-0.2, -0.15) is 0 Å². The Morgan fingerprint density at radius 2 is 1.69 bits per heavy atom. The summed E-state index contributed by atoms with van der Waals surface area (Å²) >= 11 is 0. The molecule has 0 fully saturated rings. The Balaban J connectivity index is 1.89. The van der Waals surface area contributed by atoms with Crippen molar-refractivity contribution in [3.63, 3.8) is 0 Å².